The lowest BCUT2D eigenvalue weighted by molar-refractivity contribution is 0.0950. The number of amides is 2. The molecule has 0 aliphatic carbocycles. The summed E-state index contributed by atoms with van der Waals surface area (Å²) in [5, 5.41) is 5.81. The van der Waals surface area contributed by atoms with Crippen molar-refractivity contribution in [2.24, 2.45) is 0 Å². The van der Waals surface area contributed by atoms with E-state index in [1.807, 2.05) is 13.0 Å². The number of aryl methyl sites for hydroxylation is 1. The molecule has 2 aromatic carbocycles. The Bertz CT molecular complexity index is 1070. The fourth-order valence-electron chi connectivity index (χ4n) is 4.12. The number of unbranched alkanes of at least 4 members (excludes halogenated alkanes) is 1. The van der Waals surface area contributed by atoms with Gasteiger partial charge in [0.2, 0.25) is 0 Å². The number of para-hydroxylation sites is 1. The van der Waals surface area contributed by atoms with Gasteiger partial charge < -0.3 is 20.0 Å². The molecular formula is C27H32N4O3. The number of hydrogen-bond acceptors (Lipinski definition) is 5. The number of rotatable bonds is 9. The summed E-state index contributed by atoms with van der Waals surface area (Å²) in [6.07, 6.45) is 3.43. The van der Waals surface area contributed by atoms with E-state index in [2.05, 4.69) is 50.8 Å². The van der Waals surface area contributed by atoms with E-state index in [-0.39, 0.29) is 17.6 Å². The van der Waals surface area contributed by atoms with Gasteiger partial charge in [0.25, 0.3) is 11.8 Å². The first-order valence-electron chi connectivity index (χ1n) is 11.9. The molecule has 34 heavy (non-hydrogen) atoms. The van der Waals surface area contributed by atoms with Gasteiger partial charge in [0.05, 0.1) is 6.26 Å². The van der Waals surface area contributed by atoms with Crippen LogP contribution >= 0.6 is 0 Å². The van der Waals surface area contributed by atoms with Crippen LogP contribution in [-0.2, 0) is 0 Å². The first-order valence-corrected chi connectivity index (χ1v) is 11.9. The third kappa shape index (κ3) is 6.26. The predicted molar refractivity (Wildman–Crippen MR) is 135 cm³/mol. The molecule has 7 nitrogen and oxygen atoms in total. The number of carbonyl (C=O) groups excluding carboxylic acids is 2. The summed E-state index contributed by atoms with van der Waals surface area (Å²) in [5.41, 5.74) is 3.30. The minimum Gasteiger partial charge on any atom is -0.459 e. The highest BCUT2D eigenvalue weighted by Gasteiger charge is 2.17. The zero-order valence-corrected chi connectivity index (χ0v) is 19.6. The van der Waals surface area contributed by atoms with Crippen LogP contribution in [-0.4, -0.2) is 56.0 Å². The zero-order valence-electron chi connectivity index (χ0n) is 19.6. The number of nitrogens with zero attached hydrogens (tertiary/aromatic N) is 2. The Morgan fingerprint density at radius 3 is 2.44 bits per heavy atom. The number of anilines is 2. The van der Waals surface area contributed by atoms with E-state index in [1.165, 1.54) is 12.0 Å². The first-order chi connectivity index (χ1) is 16.6. The largest absolute Gasteiger partial charge is 0.459 e. The van der Waals surface area contributed by atoms with E-state index >= 15 is 0 Å². The van der Waals surface area contributed by atoms with Crippen LogP contribution in [0.3, 0.4) is 0 Å². The molecule has 1 aromatic heterocycles. The second-order valence-electron chi connectivity index (χ2n) is 8.59. The summed E-state index contributed by atoms with van der Waals surface area (Å²) in [5.74, 6) is -0.240. The van der Waals surface area contributed by atoms with Crippen LogP contribution in [0.25, 0.3) is 0 Å². The molecule has 1 saturated heterocycles. The summed E-state index contributed by atoms with van der Waals surface area (Å²) >= 11 is 0. The predicted octanol–water partition coefficient (Wildman–Crippen LogP) is 4.17. The Hall–Kier alpha value is -3.58. The fraction of sp³-hybridized carbons (Fsp3) is 0.333. The maximum Gasteiger partial charge on any atom is 0.291 e. The van der Waals surface area contributed by atoms with Crippen LogP contribution < -0.4 is 15.5 Å². The van der Waals surface area contributed by atoms with Crippen LogP contribution in [0.2, 0.25) is 0 Å². The molecule has 1 aliphatic heterocycles. The number of hydrogen-bond donors (Lipinski definition) is 2. The van der Waals surface area contributed by atoms with Gasteiger partial charge in [0.15, 0.2) is 5.76 Å². The molecule has 3 aromatic rings. The van der Waals surface area contributed by atoms with Crippen LogP contribution in [0.5, 0.6) is 0 Å². The SMILES string of the molecule is Cc1ccc(C(=O)NCCCCN2CCN(c3ccccc3)CC2)cc1NC(=O)c1ccco1. The van der Waals surface area contributed by atoms with Gasteiger partial charge in [-0.25, -0.2) is 0 Å². The molecule has 1 aliphatic rings. The van der Waals surface area contributed by atoms with Crippen molar-refractivity contribution in [2.75, 3.05) is 49.5 Å². The van der Waals surface area contributed by atoms with E-state index in [4.69, 9.17) is 4.42 Å². The van der Waals surface area contributed by atoms with Crippen LogP contribution in [0, 0.1) is 6.92 Å². The van der Waals surface area contributed by atoms with E-state index < -0.39 is 0 Å². The van der Waals surface area contributed by atoms with Gasteiger partial charge in [-0.2, -0.15) is 0 Å². The minimum atomic E-state index is -0.338. The average Bonchev–Trinajstić information content (AvgIpc) is 3.41. The summed E-state index contributed by atoms with van der Waals surface area (Å²) < 4.78 is 5.13. The van der Waals surface area contributed by atoms with E-state index in [0.29, 0.717) is 17.8 Å². The van der Waals surface area contributed by atoms with Gasteiger partial charge in [-0.1, -0.05) is 24.3 Å². The molecule has 7 heteroatoms. The maximum absolute atomic E-state index is 12.6. The molecule has 4 rings (SSSR count). The molecular weight excluding hydrogens is 428 g/mol. The van der Waals surface area contributed by atoms with Gasteiger partial charge >= 0.3 is 0 Å². The highest BCUT2D eigenvalue weighted by atomic mass is 16.3. The molecule has 0 atom stereocenters. The lowest BCUT2D eigenvalue weighted by atomic mass is 10.1. The minimum absolute atomic E-state index is 0.134. The second kappa shape index (κ2) is 11.5. The Morgan fingerprint density at radius 1 is 0.912 bits per heavy atom. The molecule has 0 saturated carbocycles. The number of furan rings is 1. The van der Waals surface area contributed by atoms with Crippen LogP contribution in [0.1, 0.15) is 39.3 Å². The molecule has 0 unspecified atom stereocenters. The number of benzene rings is 2. The third-order valence-electron chi connectivity index (χ3n) is 6.17. The van der Waals surface area contributed by atoms with Crippen LogP contribution in [0.4, 0.5) is 11.4 Å². The normalized spacial score (nSPS) is 14.1. The van der Waals surface area contributed by atoms with Gasteiger partial charge in [-0.3, -0.25) is 14.5 Å². The standard InChI is InChI=1S/C27H32N4O3/c1-21-11-12-22(20-24(21)29-27(33)25-10-7-19-34-25)26(32)28-13-5-6-14-30-15-17-31(18-16-30)23-8-3-2-4-9-23/h2-4,7-12,19-20H,5-6,13-18H2,1H3,(H,28,32)(H,29,33). The Balaban J connectivity index is 1.16. The Labute approximate surface area is 200 Å². The lowest BCUT2D eigenvalue weighted by Crippen LogP contribution is -2.46. The van der Waals surface area contributed by atoms with Crippen molar-refractivity contribution in [2.45, 2.75) is 19.8 Å². The molecule has 0 bridgehead atoms. The van der Waals surface area contributed by atoms with Crippen LogP contribution in [0.15, 0.2) is 71.3 Å². The third-order valence-corrected chi connectivity index (χ3v) is 6.17. The summed E-state index contributed by atoms with van der Waals surface area (Å²) in [4.78, 5) is 29.8. The molecule has 2 N–H and O–H groups in total. The van der Waals surface area contributed by atoms with E-state index in [9.17, 15) is 9.59 Å². The van der Waals surface area contributed by atoms with E-state index in [1.54, 1.807) is 24.3 Å². The number of piperazine rings is 1. The van der Waals surface area contributed by atoms with Crippen molar-refractivity contribution in [3.05, 3.63) is 83.8 Å². The second-order valence-corrected chi connectivity index (χ2v) is 8.59. The van der Waals surface area contributed by atoms with Gasteiger partial charge in [0.1, 0.15) is 0 Å². The lowest BCUT2D eigenvalue weighted by Gasteiger charge is -2.36. The van der Waals surface area contributed by atoms with Crippen molar-refractivity contribution in [3.8, 4) is 0 Å². The average molecular weight is 461 g/mol. The van der Waals surface area contributed by atoms with E-state index in [0.717, 1.165) is 51.1 Å². The molecule has 1 fully saturated rings. The van der Waals surface area contributed by atoms with Gasteiger partial charge in [0, 0.05) is 49.7 Å². The molecule has 0 spiro atoms. The van der Waals surface area contributed by atoms with Gasteiger partial charge in [-0.05, 0) is 68.3 Å². The smallest absolute Gasteiger partial charge is 0.291 e. The van der Waals surface area contributed by atoms with Crippen molar-refractivity contribution in [3.63, 3.8) is 0 Å². The monoisotopic (exact) mass is 460 g/mol. The number of nitrogens with one attached hydrogen (secondary N) is 2. The molecule has 2 heterocycles. The fourth-order valence-corrected chi connectivity index (χ4v) is 4.12. The topological polar surface area (TPSA) is 77.8 Å². The first kappa shape index (κ1) is 23.6. The quantitative estimate of drug-likeness (QED) is 0.469. The maximum atomic E-state index is 12.6. The molecule has 2 amide bonds. The molecule has 0 radical (unpaired) electrons. The van der Waals surface area contributed by atoms with Crippen molar-refractivity contribution < 1.29 is 14.0 Å². The van der Waals surface area contributed by atoms with Crippen molar-refractivity contribution in [1.29, 1.82) is 0 Å². The summed E-state index contributed by atoms with van der Waals surface area (Å²) in [7, 11) is 0. The zero-order chi connectivity index (χ0) is 23.8. The Kier molecular flexibility index (Phi) is 7.99. The highest BCUT2D eigenvalue weighted by molar-refractivity contribution is 6.03. The van der Waals surface area contributed by atoms with Crippen molar-refractivity contribution >= 4 is 23.2 Å². The summed E-state index contributed by atoms with van der Waals surface area (Å²) in [6, 6.07) is 19.1. The molecule has 178 valence electrons. The van der Waals surface area contributed by atoms with Crippen molar-refractivity contribution in [1.82, 2.24) is 10.2 Å². The summed E-state index contributed by atoms with van der Waals surface area (Å²) in [6.45, 7) is 7.80. The Morgan fingerprint density at radius 2 is 1.71 bits per heavy atom. The van der Waals surface area contributed by atoms with Gasteiger partial charge in [-0.15, -0.1) is 0 Å². The number of carbonyl (C=O) groups is 2. The highest BCUT2D eigenvalue weighted by Crippen LogP contribution is 2.19.